The number of aliphatic carboxylic acids is 2. The average molecular weight is 604 g/mol. The summed E-state index contributed by atoms with van der Waals surface area (Å²) in [4.78, 5) is 36.4. The number of rotatable bonds is 10. The molecule has 9 nitrogen and oxygen atoms in total. The summed E-state index contributed by atoms with van der Waals surface area (Å²) in [5.41, 5.74) is 2.34. The zero-order valence-electron chi connectivity index (χ0n) is 21.9. The zero-order valence-corrected chi connectivity index (χ0v) is 23.5. The number of amides is 1. The van der Waals surface area contributed by atoms with Crippen LogP contribution in [0, 0.1) is 0 Å². The largest absolute Gasteiger partial charge is 0.478 e. The highest BCUT2D eigenvalue weighted by molar-refractivity contribution is 9.10. The summed E-state index contributed by atoms with van der Waals surface area (Å²) in [6.45, 7) is 3.68. The number of halogens is 1. The van der Waals surface area contributed by atoms with Gasteiger partial charge in [0.25, 0.3) is 0 Å². The highest BCUT2D eigenvalue weighted by Gasteiger charge is 2.37. The molecule has 2 aliphatic rings. The van der Waals surface area contributed by atoms with Crippen LogP contribution in [0.1, 0.15) is 36.4 Å². The van der Waals surface area contributed by atoms with E-state index < -0.39 is 11.9 Å². The molecular weight excluding hydrogens is 568 g/mol. The van der Waals surface area contributed by atoms with Crippen LogP contribution in [0.5, 0.6) is 0 Å². The number of hydrogen-bond donors (Lipinski definition) is 2. The van der Waals surface area contributed by atoms with E-state index >= 15 is 0 Å². The fraction of sp³-hybridized carbons (Fsp3) is 0.414. The average Bonchev–Trinajstić information content (AvgIpc) is 3.29. The van der Waals surface area contributed by atoms with E-state index in [2.05, 4.69) is 39.0 Å². The van der Waals surface area contributed by atoms with Crippen LogP contribution in [0.25, 0.3) is 0 Å². The van der Waals surface area contributed by atoms with Crippen molar-refractivity contribution < 1.29 is 34.1 Å². The number of carbonyl (C=O) groups excluding carboxylic acids is 1. The van der Waals surface area contributed by atoms with Gasteiger partial charge < -0.3 is 24.6 Å². The molecule has 0 aromatic heterocycles. The van der Waals surface area contributed by atoms with Crippen molar-refractivity contribution in [1.82, 2.24) is 9.80 Å². The number of benzene rings is 2. The van der Waals surface area contributed by atoms with Crippen molar-refractivity contribution >= 4 is 34.0 Å². The smallest absolute Gasteiger partial charge is 0.410 e. The Labute approximate surface area is 237 Å². The lowest BCUT2D eigenvalue weighted by atomic mass is 10.00. The maximum atomic E-state index is 12.9. The molecule has 2 N–H and O–H groups in total. The first kappa shape index (κ1) is 30.3. The molecule has 39 heavy (non-hydrogen) atoms. The first-order chi connectivity index (χ1) is 18.8. The van der Waals surface area contributed by atoms with Crippen LogP contribution in [-0.2, 0) is 25.5 Å². The third kappa shape index (κ3) is 9.80. The Kier molecular flexibility index (Phi) is 12.0. The number of carboxylic acid groups (broad SMARTS) is 2. The highest BCUT2D eigenvalue weighted by Crippen LogP contribution is 2.31. The Balaban J connectivity index is 0.000000459. The number of cyclic esters (lactones) is 1. The Morgan fingerprint density at radius 2 is 1.67 bits per heavy atom. The minimum atomic E-state index is -1.26. The van der Waals surface area contributed by atoms with Gasteiger partial charge in [-0.25, -0.2) is 14.4 Å². The minimum Gasteiger partial charge on any atom is -0.478 e. The summed E-state index contributed by atoms with van der Waals surface area (Å²) < 4.78 is 12.3. The number of ether oxygens (including phenoxy) is 2. The summed E-state index contributed by atoms with van der Waals surface area (Å²) in [6, 6.07) is 18.5. The fourth-order valence-corrected chi connectivity index (χ4v) is 5.25. The maximum absolute atomic E-state index is 12.9. The number of likely N-dealkylation sites (tertiary alicyclic amines) is 1. The molecule has 0 saturated carbocycles. The van der Waals surface area contributed by atoms with Crippen molar-refractivity contribution in [2.24, 2.45) is 0 Å². The molecule has 2 aromatic rings. The maximum Gasteiger partial charge on any atom is 0.410 e. The Hall–Kier alpha value is -3.21. The monoisotopic (exact) mass is 602 g/mol. The molecule has 2 heterocycles. The second kappa shape index (κ2) is 15.4. The van der Waals surface area contributed by atoms with Crippen LogP contribution in [0.3, 0.4) is 0 Å². The Bertz CT molecular complexity index is 1100. The van der Waals surface area contributed by atoms with E-state index in [9.17, 15) is 14.4 Å². The predicted molar refractivity (Wildman–Crippen MR) is 150 cm³/mol. The van der Waals surface area contributed by atoms with E-state index in [4.69, 9.17) is 19.7 Å². The number of carbonyl (C=O) groups is 3. The molecular formula is C29H35BrN2O7. The van der Waals surface area contributed by atoms with E-state index in [1.54, 1.807) is 7.11 Å². The number of piperidine rings is 1. The van der Waals surface area contributed by atoms with Crippen molar-refractivity contribution in [2.75, 3.05) is 33.3 Å². The van der Waals surface area contributed by atoms with Crippen molar-refractivity contribution in [3.05, 3.63) is 82.3 Å². The number of nitrogens with zero attached hydrogens (tertiary/aromatic N) is 2. The predicted octanol–water partition coefficient (Wildman–Crippen LogP) is 4.77. The normalized spacial score (nSPS) is 18.9. The molecule has 0 bridgehead atoms. The first-order valence-corrected chi connectivity index (χ1v) is 13.7. The molecule has 0 spiro atoms. The molecule has 210 valence electrons. The molecule has 2 saturated heterocycles. The van der Waals surface area contributed by atoms with Crippen LogP contribution in [0.4, 0.5) is 4.79 Å². The Morgan fingerprint density at radius 1 is 1.05 bits per heavy atom. The van der Waals surface area contributed by atoms with Crippen molar-refractivity contribution in [3.8, 4) is 0 Å². The van der Waals surface area contributed by atoms with Gasteiger partial charge in [0.15, 0.2) is 0 Å². The third-order valence-corrected chi connectivity index (χ3v) is 7.60. The van der Waals surface area contributed by atoms with E-state index in [-0.39, 0.29) is 18.2 Å². The van der Waals surface area contributed by atoms with Gasteiger partial charge in [0, 0.05) is 49.8 Å². The second-order valence-corrected chi connectivity index (χ2v) is 10.3. The standard InChI is InChI=1S/C25H31BrN2O3.C4H4O4/c1-30-21-11-14-27(15-12-21)16-13-24(19-7-3-2-4-8-19)28-18-22(31-25(28)29)17-20-9-5-6-10-23(20)26;5-3(6)1-2-4(7)8/h2-10,21-22,24H,11-18H2,1H3;1-2H,(H,5,6)(H,7,8). The lowest BCUT2D eigenvalue weighted by Crippen LogP contribution is -2.39. The van der Waals surface area contributed by atoms with Crippen LogP contribution < -0.4 is 0 Å². The summed E-state index contributed by atoms with van der Waals surface area (Å²) in [5.74, 6) is -2.51. The lowest BCUT2D eigenvalue weighted by Gasteiger charge is -2.33. The number of methoxy groups -OCH3 is 1. The van der Waals surface area contributed by atoms with Crippen LogP contribution in [0.15, 0.2) is 71.2 Å². The molecule has 2 aliphatic heterocycles. The molecule has 2 unspecified atom stereocenters. The summed E-state index contributed by atoms with van der Waals surface area (Å²) in [6.07, 6.45) is 4.93. The summed E-state index contributed by atoms with van der Waals surface area (Å²) in [7, 11) is 1.80. The SMILES string of the molecule is COC1CCN(CCC(c2ccccc2)N2CC(Cc3ccccc3Br)OC2=O)CC1.O=C(O)C=CC(=O)O. The van der Waals surface area contributed by atoms with Gasteiger partial charge >= 0.3 is 18.0 Å². The molecule has 2 fully saturated rings. The van der Waals surface area contributed by atoms with E-state index in [1.807, 2.05) is 41.3 Å². The van der Waals surface area contributed by atoms with Gasteiger partial charge in [-0.3, -0.25) is 4.90 Å². The van der Waals surface area contributed by atoms with Gasteiger partial charge in [-0.2, -0.15) is 0 Å². The van der Waals surface area contributed by atoms with Crippen molar-refractivity contribution in [1.29, 1.82) is 0 Å². The number of carboxylic acids is 2. The van der Waals surface area contributed by atoms with Gasteiger partial charge in [0.05, 0.1) is 18.7 Å². The van der Waals surface area contributed by atoms with Gasteiger partial charge in [-0.05, 0) is 36.5 Å². The molecule has 0 radical (unpaired) electrons. The minimum absolute atomic E-state index is 0.0260. The van der Waals surface area contributed by atoms with Gasteiger partial charge in [-0.1, -0.05) is 64.5 Å². The zero-order chi connectivity index (χ0) is 28.2. The molecule has 10 heteroatoms. The van der Waals surface area contributed by atoms with Crippen LogP contribution in [-0.4, -0.2) is 83.5 Å². The van der Waals surface area contributed by atoms with E-state index in [0.717, 1.165) is 49.8 Å². The first-order valence-electron chi connectivity index (χ1n) is 12.9. The molecule has 0 aliphatic carbocycles. The summed E-state index contributed by atoms with van der Waals surface area (Å²) >= 11 is 3.61. The van der Waals surface area contributed by atoms with E-state index in [1.165, 1.54) is 11.1 Å². The van der Waals surface area contributed by atoms with Gasteiger partial charge in [-0.15, -0.1) is 0 Å². The van der Waals surface area contributed by atoms with Crippen LogP contribution >= 0.6 is 15.9 Å². The van der Waals surface area contributed by atoms with Gasteiger partial charge in [0.2, 0.25) is 0 Å². The third-order valence-electron chi connectivity index (χ3n) is 6.82. The Morgan fingerprint density at radius 3 is 2.26 bits per heavy atom. The highest BCUT2D eigenvalue weighted by atomic mass is 79.9. The fourth-order valence-electron chi connectivity index (χ4n) is 4.81. The molecule has 2 atom stereocenters. The van der Waals surface area contributed by atoms with Gasteiger partial charge in [0.1, 0.15) is 6.10 Å². The van der Waals surface area contributed by atoms with Crippen molar-refractivity contribution in [3.63, 3.8) is 0 Å². The molecule has 2 aromatic carbocycles. The summed E-state index contributed by atoms with van der Waals surface area (Å²) in [5, 5.41) is 15.6. The topological polar surface area (TPSA) is 117 Å². The quantitative estimate of drug-likeness (QED) is 0.374. The lowest BCUT2D eigenvalue weighted by molar-refractivity contribution is -0.134. The van der Waals surface area contributed by atoms with Crippen molar-refractivity contribution in [2.45, 2.75) is 43.9 Å². The number of hydrogen-bond acceptors (Lipinski definition) is 6. The molecule has 4 rings (SSSR count). The van der Waals surface area contributed by atoms with Crippen LogP contribution in [0.2, 0.25) is 0 Å². The molecule has 1 amide bonds. The van der Waals surface area contributed by atoms with E-state index in [0.29, 0.717) is 24.8 Å². The second-order valence-electron chi connectivity index (χ2n) is 9.46.